The van der Waals surface area contributed by atoms with Crippen LogP contribution >= 0.6 is 11.8 Å². The number of rotatable bonds is 6. The first-order chi connectivity index (χ1) is 12.3. The van der Waals surface area contributed by atoms with Crippen LogP contribution in [0.3, 0.4) is 0 Å². The molecule has 2 saturated heterocycles. The van der Waals surface area contributed by atoms with Crippen LogP contribution in [0, 0.1) is 0 Å². The highest BCUT2D eigenvalue weighted by Gasteiger charge is 2.64. The van der Waals surface area contributed by atoms with E-state index < -0.39 is 46.0 Å². The molecule has 9 nitrogen and oxygen atoms in total. The Labute approximate surface area is 154 Å². The van der Waals surface area contributed by atoms with Crippen LogP contribution in [0.15, 0.2) is 35.6 Å². The van der Waals surface area contributed by atoms with Crippen molar-refractivity contribution in [2.45, 2.75) is 42.1 Å². The Hall–Kier alpha value is -2.62. The summed E-state index contributed by atoms with van der Waals surface area (Å²) >= 11 is 1.35. The van der Waals surface area contributed by atoms with Gasteiger partial charge in [-0.1, -0.05) is 30.3 Å². The predicted octanol–water partition coefficient (Wildman–Crippen LogP) is 0.886. The molecule has 0 aromatic heterocycles. The normalized spacial score (nSPS) is 27.1. The van der Waals surface area contributed by atoms with Crippen molar-refractivity contribution in [1.29, 1.82) is 0 Å². The first-order valence-electron chi connectivity index (χ1n) is 7.95. The zero-order chi connectivity index (χ0) is 19.1. The zero-order valence-electron chi connectivity index (χ0n) is 14.1. The summed E-state index contributed by atoms with van der Waals surface area (Å²) in [6.45, 7) is 3.53. The summed E-state index contributed by atoms with van der Waals surface area (Å²) in [5, 5.41) is 14.5. The largest absolute Gasteiger partial charge is 0.480 e. The fourth-order valence-electron chi connectivity index (χ4n) is 3.37. The molecule has 2 aliphatic rings. The van der Waals surface area contributed by atoms with Gasteiger partial charge in [-0.25, -0.2) is 4.79 Å². The number of β-lactam (4-membered cyclic amide) rings is 1. The summed E-state index contributed by atoms with van der Waals surface area (Å²) in [6, 6.07) is 5.89. The molecule has 1 aromatic carbocycles. The fourth-order valence-corrected chi connectivity index (χ4v) is 5.00. The van der Waals surface area contributed by atoms with Crippen LogP contribution in [0.4, 0.5) is 0 Å². The number of hydrogen-bond donors (Lipinski definition) is 3. The minimum atomic E-state index is -1.06. The number of thioether (sulfide) groups is 1. The first kappa shape index (κ1) is 18.2. The van der Waals surface area contributed by atoms with E-state index in [0.29, 0.717) is 5.56 Å². The van der Waals surface area contributed by atoms with Crippen LogP contribution in [0.25, 0.3) is 5.53 Å². The molecule has 0 aliphatic carbocycles. The number of nitrogens with zero attached hydrogens (tertiary/aromatic N) is 3. The lowest BCUT2D eigenvalue weighted by Gasteiger charge is -2.44. The maximum Gasteiger partial charge on any atom is 0.327 e. The Balaban J connectivity index is 1.75. The van der Waals surface area contributed by atoms with Crippen LogP contribution in [-0.2, 0) is 14.4 Å². The van der Waals surface area contributed by atoms with Crippen LogP contribution in [-0.4, -0.2) is 50.0 Å². The van der Waals surface area contributed by atoms with Gasteiger partial charge in [0.1, 0.15) is 17.5 Å². The number of carbonyl (C=O) groups is 3. The van der Waals surface area contributed by atoms with E-state index in [9.17, 15) is 19.5 Å². The molecule has 2 amide bonds. The van der Waals surface area contributed by atoms with E-state index in [1.807, 2.05) is 0 Å². The molecule has 0 saturated carbocycles. The van der Waals surface area contributed by atoms with Gasteiger partial charge in [-0.2, -0.15) is 0 Å². The lowest BCUT2D eigenvalue weighted by molar-refractivity contribution is -0.161. The van der Waals surface area contributed by atoms with Crippen molar-refractivity contribution < 1.29 is 19.5 Å². The highest BCUT2D eigenvalue weighted by atomic mass is 32.2. The van der Waals surface area contributed by atoms with E-state index in [0.717, 1.165) is 0 Å². The number of nitrogens with one attached hydrogen (secondary N) is 2. The third-order valence-electron chi connectivity index (χ3n) is 4.55. The van der Waals surface area contributed by atoms with Crippen molar-refractivity contribution in [2.24, 2.45) is 5.22 Å². The van der Waals surface area contributed by atoms with Crippen molar-refractivity contribution in [3.63, 3.8) is 0 Å². The Bertz CT molecular complexity index is 756. The lowest BCUT2D eigenvalue weighted by atomic mass is 9.95. The number of carbonyl (C=O) groups excluding carboxylic acids is 2. The molecule has 3 N–H and O–H groups in total. The van der Waals surface area contributed by atoms with Gasteiger partial charge in [0.25, 0.3) is 0 Å². The van der Waals surface area contributed by atoms with E-state index in [1.165, 1.54) is 16.7 Å². The summed E-state index contributed by atoms with van der Waals surface area (Å²) in [4.78, 5) is 37.9. The standard InChI is InChI=1S/C16H18N5O4S/c1-16(2)11(15(24)25)21-13(23)10(14(21)26-16)18-12(22)9(19-20-17)8-6-4-3-5-7-8/h3-7,9-11,14H,1-2H3,(H3-,17,18,19,22,24,25)/q-1. The second kappa shape index (κ2) is 6.60. The monoisotopic (exact) mass is 376 g/mol. The van der Waals surface area contributed by atoms with Crippen molar-refractivity contribution >= 4 is 29.5 Å². The average molecular weight is 376 g/mol. The zero-order valence-corrected chi connectivity index (χ0v) is 14.9. The van der Waals surface area contributed by atoms with Gasteiger partial charge < -0.3 is 26.3 Å². The smallest absolute Gasteiger partial charge is 0.327 e. The number of fused-ring (bicyclic) bond motifs is 1. The van der Waals surface area contributed by atoms with E-state index in [2.05, 4.69) is 16.0 Å². The Morgan fingerprint density at radius 3 is 2.58 bits per heavy atom. The SMILES string of the molecule is CC1(C)SC2C(NC(=O)C(NN=[N-])c3ccccc3)C(=O)N2C1C(=O)O. The molecular formula is C16H18N5O4S-. The highest BCUT2D eigenvalue weighted by Crippen LogP contribution is 2.50. The Morgan fingerprint density at radius 2 is 2.00 bits per heavy atom. The van der Waals surface area contributed by atoms with Crippen LogP contribution < -0.4 is 10.7 Å². The van der Waals surface area contributed by atoms with E-state index in [-0.39, 0.29) is 0 Å². The minimum absolute atomic E-state index is 0.429. The molecule has 0 bridgehead atoms. The number of amides is 2. The maximum absolute atomic E-state index is 12.6. The molecular weight excluding hydrogens is 358 g/mol. The van der Waals surface area contributed by atoms with Crippen LogP contribution in [0.5, 0.6) is 0 Å². The van der Waals surface area contributed by atoms with Crippen LogP contribution in [0.2, 0.25) is 0 Å². The van der Waals surface area contributed by atoms with Gasteiger partial charge in [-0.15, -0.1) is 11.8 Å². The number of benzene rings is 1. The van der Waals surface area contributed by atoms with Gasteiger partial charge in [0, 0.05) is 4.75 Å². The summed E-state index contributed by atoms with van der Waals surface area (Å²) in [7, 11) is 0. The van der Waals surface area contributed by atoms with Crippen LogP contribution in [0.1, 0.15) is 25.5 Å². The van der Waals surface area contributed by atoms with Gasteiger partial charge in [0.15, 0.2) is 0 Å². The summed E-state index contributed by atoms with van der Waals surface area (Å²) in [6.07, 6.45) is 0. The summed E-state index contributed by atoms with van der Waals surface area (Å²) < 4.78 is -0.664. The second-order valence-corrected chi connectivity index (χ2v) is 8.43. The van der Waals surface area contributed by atoms with Gasteiger partial charge in [0.2, 0.25) is 11.8 Å². The second-order valence-electron chi connectivity index (χ2n) is 6.66. The van der Waals surface area contributed by atoms with Crippen molar-refractivity contribution in [3.8, 4) is 0 Å². The van der Waals surface area contributed by atoms with Crippen molar-refractivity contribution in [1.82, 2.24) is 15.6 Å². The Kier molecular flexibility index (Phi) is 4.61. The molecule has 0 radical (unpaired) electrons. The number of hydrogen-bond acceptors (Lipinski definition) is 5. The number of carboxylic acid groups (broad SMARTS) is 1. The van der Waals surface area contributed by atoms with E-state index in [1.54, 1.807) is 44.2 Å². The van der Waals surface area contributed by atoms with E-state index in [4.69, 9.17) is 5.53 Å². The molecule has 0 spiro atoms. The molecule has 3 rings (SSSR count). The maximum atomic E-state index is 12.6. The molecule has 138 valence electrons. The van der Waals surface area contributed by atoms with E-state index >= 15 is 0 Å². The number of aliphatic carboxylic acids is 1. The first-order valence-corrected chi connectivity index (χ1v) is 8.83. The third-order valence-corrected chi connectivity index (χ3v) is 6.13. The van der Waals surface area contributed by atoms with Crippen molar-refractivity contribution in [2.75, 3.05) is 0 Å². The topological polar surface area (TPSA) is 133 Å². The van der Waals surface area contributed by atoms with Gasteiger partial charge in [-0.05, 0) is 19.4 Å². The quantitative estimate of drug-likeness (QED) is 0.383. The molecule has 1 aromatic rings. The molecule has 2 fully saturated rings. The molecule has 26 heavy (non-hydrogen) atoms. The number of carboxylic acids is 1. The van der Waals surface area contributed by atoms with Crippen molar-refractivity contribution in [3.05, 3.63) is 41.4 Å². The summed E-state index contributed by atoms with van der Waals surface area (Å²) in [5.41, 5.74) is 11.7. The third kappa shape index (κ3) is 2.90. The summed E-state index contributed by atoms with van der Waals surface area (Å²) in [5.74, 6) is -2.03. The van der Waals surface area contributed by atoms with Gasteiger partial charge in [-0.3, -0.25) is 14.8 Å². The molecule has 2 aliphatic heterocycles. The lowest BCUT2D eigenvalue weighted by Crippen LogP contribution is -2.71. The van der Waals surface area contributed by atoms with Gasteiger partial charge in [0.05, 0.1) is 6.04 Å². The Morgan fingerprint density at radius 1 is 1.35 bits per heavy atom. The molecule has 4 atom stereocenters. The predicted molar refractivity (Wildman–Crippen MR) is 93.8 cm³/mol. The molecule has 10 heteroatoms. The fraction of sp³-hybridized carbons (Fsp3) is 0.438. The average Bonchev–Trinajstić information content (AvgIpc) is 2.86. The molecule has 2 heterocycles. The minimum Gasteiger partial charge on any atom is -0.480 e. The highest BCUT2D eigenvalue weighted by molar-refractivity contribution is 8.01. The molecule has 4 unspecified atom stereocenters. The van der Waals surface area contributed by atoms with Gasteiger partial charge >= 0.3 is 5.97 Å².